The van der Waals surface area contributed by atoms with Gasteiger partial charge in [-0.2, -0.15) is 13.2 Å². The molecule has 0 aliphatic carbocycles. The Hall–Kier alpha value is -1.96. The van der Waals surface area contributed by atoms with Crippen molar-refractivity contribution in [3.8, 4) is 5.69 Å². The summed E-state index contributed by atoms with van der Waals surface area (Å²) >= 11 is 0.955. The van der Waals surface area contributed by atoms with Crippen molar-refractivity contribution in [2.24, 2.45) is 0 Å². The van der Waals surface area contributed by atoms with Gasteiger partial charge in [0.05, 0.1) is 17.0 Å². The van der Waals surface area contributed by atoms with Gasteiger partial charge in [-0.25, -0.2) is 4.98 Å². The van der Waals surface area contributed by atoms with Gasteiger partial charge in [0.15, 0.2) is 5.16 Å². The zero-order valence-electron chi connectivity index (χ0n) is 10.9. The maximum atomic E-state index is 12.7. The molecule has 0 amide bonds. The highest BCUT2D eigenvalue weighted by atomic mass is 32.2. The van der Waals surface area contributed by atoms with E-state index >= 15 is 0 Å². The van der Waals surface area contributed by atoms with Crippen LogP contribution in [-0.4, -0.2) is 26.4 Å². The van der Waals surface area contributed by atoms with E-state index in [2.05, 4.69) is 4.98 Å². The Morgan fingerprint density at radius 1 is 1.43 bits per heavy atom. The minimum atomic E-state index is -4.43. The molecule has 0 aliphatic rings. The average Bonchev–Trinajstić information content (AvgIpc) is 2.77. The molecule has 21 heavy (non-hydrogen) atoms. The molecule has 0 saturated carbocycles. The minimum Gasteiger partial charge on any atom is -0.481 e. The number of alkyl halides is 3. The average molecular weight is 316 g/mol. The molecule has 2 aromatic rings. The van der Waals surface area contributed by atoms with Gasteiger partial charge < -0.3 is 5.11 Å². The van der Waals surface area contributed by atoms with E-state index in [1.807, 2.05) is 0 Å². The standard InChI is InChI=1S/C13H11F3N2O2S/c1-8-6-18(12(17-8)21-7-11(19)20)10-4-2-3-9(5-10)13(14,15)16/h2-6H,7H2,1H3,(H,19,20). The van der Waals surface area contributed by atoms with Crippen LogP contribution in [0, 0.1) is 6.92 Å². The number of thioether (sulfide) groups is 1. The fourth-order valence-electron chi connectivity index (χ4n) is 1.72. The fourth-order valence-corrected chi connectivity index (χ4v) is 2.48. The topological polar surface area (TPSA) is 55.1 Å². The van der Waals surface area contributed by atoms with Gasteiger partial charge >= 0.3 is 12.1 Å². The van der Waals surface area contributed by atoms with Crippen LogP contribution >= 0.6 is 11.8 Å². The van der Waals surface area contributed by atoms with Crippen molar-refractivity contribution in [2.75, 3.05) is 5.75 Å². The molecule has 1 aromatic carbocycles. The van der Waals surface area contributed by atoms with Crippen LogP contribution in [0.3, 0.4) is 0 Å². The lowest BCUT2D eigenvalue weighted by atomic mass is 10.2. The molecule has 112 valence electrons. The summed E-state index contributed by atoms with van der Waals surface area (Å²) in [6.07, 6.45) is -2.86. The van der Waals surface area contributed by atoms with Gasteiger partial charge in [-0.05, 0) is 25.1 Å². The highest BCUT2D eigenvalue weighted by Crippen LogP contribution is 2.31. The summed E-state index contributed by atoms with van der Waals surface area (Å²) in [5.74, 6) is -1.23. The number of aliphatic carboxylic acids is 1. The Balaban J connectivity index is 2.40. The molecule has 0 unspecified atom stereocenters. The number of rotatable bonds is 4. The van der Waals surface area contributed by atoms with E-state index in [4.69, 9.17) is 5.11 Å². The van der Waals surface area contributed by atoms with E-state index in [-0.39, 0.29) is 5.75 Å². The second kappa shape index (κ2) is 5.80. The number of aryl methyl sites for hydroxylation is 1. The van der Waals surface area contributed by atoms with Gasteiger partial charge in [-0.15, -0.1) is 0 Å². The van der Waals surface area contributed by atoms with Crippen LogP contribution in [0.5, 0.6) is 0 Å². The smallest absolute Gasteiger partial charge is 0.416 e. The molecule has 0 aliphatic heterocycles. The summed E-state index contributed by atoms with van der Waals surface area (Å²) in [7, 11) is 0. The van der Waals surface area contributed by atoms with Crippen molar-refractivity contribution in [3.63, 3.8) is 0 Å². The van der Waals surface area contributed by atoms with Gasteiger partial charge in [-0.3, -0.25) is 9.36 Å². The largest absolute Gasteiger partial charge is 0.481 e. The maximum absolute atomic E-state index is 12.7. The number of nitrogens with zero attached hydrogens (tertiary/aromatic N) is 2. The summed E-state index contributed by atoms with van der Waals surface area (Å²) in [5.41, 5.74) is 0.124. The van der Waals surface area contributed by atoms with Crippen molar-refractivity contribution in [3.05, 3.63) is 41.7 Å². The van der Waals surface area contributed by atoms with E-state index in [1.165, 1.54) is 16.7 Å². The molecule has 1 N–H and O–H groups in total. The number of hydrogen-bond donors (Lipinski definition) is 1. The first-order valence-corrected chi connectivity index (χ1v) is 6.84. The van der Waals surface area contributed by atoms with Crippen LogP contribution in [0.4, 0.5) is 13.2 Å². The highest BCUT2D eigenvalue weighted by molar-refractivity contribution is 7.99. The van der Waals surface area contributed by atoms with Gasteiger partial charge in [0, 0.05) is 11.9 Å². The van der Waals surface area contributed by atoms with E-state index in [0.717, 1.165) is 23.9 Å². The Bertz CT molecular complexity index is 668. The lowest BCUT2D eigenvalue weighted by Crippen LogP contribution is -2.06. The van der Waals surface area contributed by atoms with Gasteiger partial charge in [0.25, 0.3) is 0 Å². The minimum absolute atomic E-state index is 0.213. The van der Waals surface area contributed by atoms with Crippen molar-refractivity contribution in [1.82, 2.24) is 9.55 Å². The van der Waals surface area contributed by atoms with E-state index in [9.17, 15) is 18.0 Å². The first kappa shape index (κ1) is 15.4. The summed E-state index contributed by atoms with van der Waals surface area (Å²) in [5, 5.41) is 9.03. The molecule has 4 nitrogen and oxygen atoms in total. The number of carboxylic acid groups (broad SMARTS) is 1. The van der Waals surface area contributed by atoms with Crippen LogP contribution in [0.25, 0.3) is 5.69 Å². The number of imidazole rings is 1. The van der Waals surface area contributed by atoms with E-state index < -0.39 is 17.7 Å². The first-order chi connectivity index (χ1) is 9.77. The third-order valence-electron chi connectivity index (χ3n) is 2.57. The van der Waals surface area contributed by atoms with Crippen LogP contribution in [0.2, 0.25) is 0 Å². The molecule has 1 aromatic heterocycles. The molecule has 8 heteroatoms. The molecule has 0 radical (unpaired) electrons. The number of halogens is 3. The Morgan fingerprint density at radius 3 is 2.76 bits per heavy atom. The van der Waals surface area contributed by atoms with Crippen molar-refractivity contribution >= 4 is 17.7 Å². The number of carboxylic acids is 1. The van der Waals surface area contributed by atoms with Gasteiger partial charge in [0.2, 0.25) is 0 Å². The quantitative estimate of drug-likeness (QED) is 0.879. The Morgan fingerprint density at radius 2 is 2.14 bits per heavy atom. The molecule has 0 saturated heterocycles. The van der Waals surface area contributed by atoms with Crippen molar-refractivity contribution in [2.45, 2.75) is 18.3 Å². The summed E-state index contributed by atoms with van der Waals surface area (Å²) in [6.45, 7) is 1.69. The second-order valence-electron chi connectivity index (χ2n) is 4.27. The zero-order valence-corrected chi connectivity index (χ0v) is 11.7. The monoisotopic (exact) mass is 316 g/mol. The van der Waals surface area contributed by atoms with Gasteiger partial charge in [-0.1, -0.05) is 17.8 Å². The third-order valence-corrected chi connectivity index (χ3v) is 3.51. The number of carbonyl (C=O) groups is 1. The molecule has 1 heterocycles. The molecular weight excluding hydrogens is 305 g/mol. The predicted molar refractivity (Wildman–Crippen MR) is 71.7 cm³/mol. The zero-order chi connectivity index (χ0) is 15.6. The van der Waals surface area contributed by atoms with E-state index in [1.54, 1.807) is 13.1 Å². The Kier molecular flexibility index (Phi) is 4.26. The third kappa shape index (κ3) is 3.78. The molecule has 0 bridgehead atoms. The second-order valence-corrected chi connectivity index (χ2v) is 5.21. The molecular formula is C13H11F3N2O2S. The predicted octanol–water partition coefficient (Wildman–Crippen LogP) is 3.38. The van der Waals surface area contributed by atoms with E-state index in [0.29, 0.717) is 16.5 Å². The number of benzene rings is 1. The number of hydrogen-bond acceptors (Lipinski definition) is 3. The summed E-state index contributed by atoms with van der Waals surface area (Å²) in [4.78, 5) is 14.7. The van der Waals surface area contributed by atoms with Crippen LogP contribution in [0.1, 0.15) is 11.3 Å². The summed E-state index contributed by atoms with van der Waals surface area (Å²) < 4.78 is 39.7. The number of aromatic nitrogens is 2. The SMILES string of the molecule is Cc1cn(-c2cccc(C(F)(F)F)c2)c(SCC(=O)O)n1. The van der Waals surface area contributed by atoms with Crippen molar-refractivity contribution in [1.29, 1.82) is 0 Å². The fraction of sp³-hybridized carbons (Fsp3) is 0.231. The first-order valence-electron chi connectivity index (χ1n) is 5.85. The maximum Gasteiger partial charge on any atom is 0.416 e. The molecule has 2 rings (SSSR count). The molecule has 0 fully saturated rings. The van der Waals surface area contributed by atoms with Gasteiger partial charge in [0.1, 0.15) is 0 Å². The normalized spacial score (nSPS) is 11.6. The lowest BCUT2D eigenvalue weighted by molar-refractivity contribution is -0.137. The summed E-state index contributed by atoms with van der Waals surface area (Å²) in [6, 6.07) is 4.81. The van der Waals surface area contributed by atoms with Crippen LogP contribution in [0.15, 0.2) is 35.6 Å². The highest BCUT2D eigenvalue weighted by Gasteiger charge is 2.30. The van der Waals surface area contributed by atoms with Crippen LogP contribution in [-0.2, 0) is 11.0 Å². The molecule has 0 spiro atoms. The molecule has 0 atom stereocenters. The Labute approximate surface area is 122 Å². The van der Waals surface area contributed by atoms with Crippen LogP contribution < -0.4 is 0 Å². The van der Waals surface area contributed by atoms with Crippen molar-refractivity contribution < 1.29 is 23.1 Å². The lowest BCUT2D eigenvalue weighted by Gasteiger charge is -2.10.